The van der Waals surface area contributed by atoms with Gasteiger partial charge >= 0.3 is 0 Å². The van der Waals surface area contributed by atoms with Crippen LogP contribution >= 0.6 is 0 Å². The lowest BCUT2D eigenvalue weighted by Crippen LogP contribution is -2.59. The predicted octanol–water partition coefficient (Wildman–Crippen LogP) is 2.57. The number of hydrogen-bond acceptors (Lipinski definition) is 4. The Morgan fingerprint density at radius 2 is 1.72 bits per heavy atom. The number of benzene rings is 1. The van der Waals surface area contributed by atoms with Gasteiger partial charge in [-0.25, -0.2) is 0 Å². The molecule has 0 spiro atoms. The molecule has 0 bridgehead atoms. The first kappa shape index (κ1) is 20.4. The van der Waals surface area contributed by atoms with E-state index >= 15 is 0 Å². The summed E-state index contributed by atoms with van der Waals surface area (Å²) in [4.78, 5) is 29.0. The molecule has 0 radical (unpaired) electrons. The van der Waals surface area contributed by atoms with Crippen LogP contribution in [0.25, 0.3) is 0 Å². The third kappa shape index (κ3) is 4.81. The van der Waals surface area contributed by atoms with Crippen molar-refractivity contribution in [3.8, 4) is 0 Å². The lowest BCUT2D eigenvalue weighted by atomic mass is 9.79. The van der Waals surface area contributed by atoms with E-state index in [0.717, 1.165) is 57.7 Å². The summed E-state index contributed by atoms with van der Waals surface area (Å²) >= 11 is 0. The summed E-state index contributed by atoms with van der Waals surface area (Å²) in [6, 6.07) is 7.71. The van der Waals surface area contributed by atoms with Crippen molar-refractivity contribution in [2.75, 3.05) is 39.4 Å². The van der Waals surface area contributed by atoms with Crippen LogP contribution < -0.4 is 5.32 Å². The van der Waals surface area contributed by atoms with Crippen molar-refractivity contribution in [1.82, 2.24) is 15.1 Å². The second-order valence-corrected chi connectivity index (χ2v) is 8.68. The molecule has 158 valence electrons. The molecule has 2 saturated heterocycles. The molecular weight excluding hydrogens is 366 g/mol. The number of amides is 2. The third-order valence-electron chi connectivity index (χ3n) is 6.81. The quantitative estimate of drug-likeness (QED) is 0.799. The fourth-order valence-electron chi connectivity index (χ4n) is 5.05. The summed E-state index contributed by atoms with van der Waals surface area (Å²) in [6.07, 6.45) is 7.66. The normalized spacial score (nSPS) is 22.6. The first-order chi connectivity index (χ1) is 14.2. The molecule has 6 nitrogen and oxygen atoms in total. The van der Waals surface area contributed by atoms with E-state index in [1.165, 1.54) is 19.3 Å². The van der Waals surface area contributed by atoms with Gasteiger partial charge in [0.05, 0.1) is 13.2 Å². The van der Waals surface area contributed by atoms with Crippen LogP contribution in [0.1, 0.15) is 60.9 Å². The Labute approximate surface area is 173 Å². The molecule has 0 atom stereocenters. The minimum Gasteiger partial charge on any atom is -0.379 e. The molecule has 1 aromatic rings. The van der Waals surface area contributed by atoms with Gasteiger partial charge in [0.15, 0.2) is 0 Å². The minimum absolute atomic E-state index is 0.00740. The maximum atomic E-state index is 12.8. The number of nitrogens with zero attached hydrogens (tertiary/aromatic N) is 2. The van der Waals surface area contributed by atoms with Crippen LogP contribution in [0.5, 0.6) is 0 Å². The summed E-state index contributed by atoms with van der Waals surface area (Å²) in [5, 5.41) is 3.22. The number of nitrogens with one attached hydrogen (secondary N) is 1. The number of hydrogen-bond donors (Lipinski definition) is 1. The predicted molar refractivity (Wildman–Crippen MR) is 112 cm³/mol. The Morgan fingerprint density at radius 3 is 2.38 bits per heavy atom. The number of ether oxygens (including phenoxy) is 1. The summed E-state index contributed by atoms with van der Waals surface area (Å²) in [5.74, 6) is 0.222. The molecule has 4 rings (SSSR count). The zero-order valence-corrected chi connectivity index (χ0v) is 17.3. The molecular formula is C23H33N3O3. The minimum atomic E-state index is -0.00740. The summed E-state index contributed by atoms with van der Waals surface area (Å²) in [6.45, 7) is 5.67. The van der Waals surface area contributed by atoms with E-state index in [1.54, 1.807) is 0 Å². The van der Waals surface area contributed by atoms with Crippen molar-refractivity contribution in [3.63, 3.8) is 0 Å². The van der Waals surface area contributed by atoms with Crippen LogP contribution in [0.3, 0.4) is 0 Å². The zero-order valence-electron chi connectivity index (χ0n) is 17.3. The van der Waals surface area contributed by atoms with E-state index in [2.05, 4.69) is 10.2 Å². The second-order valence-electron chi connectivity index (χ2n) is 8.68. The van der Waals surface area contributed by atoms with Gasteiger partial charge < -0.3 is 15.0 Å². The van der Waals surface area contributed by atoms with Gasteiger partial charge in [-0.05, 0) is 37.0 Å². The molecule has 29 heavy (non-hydrogen) atoms. The van der Waals surface area contributed by atoms with E-state index in [4.69, 9.17) is 4.74 Å². The highest BCUT2D eigenvalue weighted by Crippen LogP contribution is 2.34. The Kier molecular flexibility index (Phi) is 6.50. The fraction of sp³-hybridized carbons (Fsp3) is 0.652. The molecule has 0 unspecified atom stereocenters. The second kappa shape index (κ2) is 9.26. The van der Waals surface area contributed by atoms with Gasteiger partial charge in [0.25, 0.3) is 5.91 Å². The molecule has 2 heterocycles. The van der Waals surface area contributed by atoms with Gasteiger partial charge in [0.2, 0.25) is 5.91 Å². The largest absolute Gasteiger partial charge is 0.379 e. The third-order valence-corrected chi connectivity index (χ3v) is 6.81. The summed E-state index contributed by atoms with van der Waals surface area (Å²) < 4.78 is 5.54. The van der Waals surface area contributed by atoms with Crippen molar-refractivity contribution in [1.29, 1.82) is 0 Å². The van der Waals surface area contributed by atoms with Gasteiger partial charge in [-0.1, -0.05) is 31.4 Å². The maximum Gasteiger partial charge on any atom is 0.251 e. The van der Waals surface area contributed by atoms with Crippen molar-refractivity contribution in [2.24, 2.45) is 0 Å². The van der Waals surface area contributed by atoms with Crippen LogP contribution in [0.15, 0.2) is 24.3 Å². The van der Waals surface area contributed by atoms with Crippen LogP contribution in [0.4, 0.5) is 0 Å². The summed E-state index contributed by atoms with van der Waals surface area (Å²) in [7, 11) is 0. The molecule has 1 N–H and O–H groups in total. The van der Waals surface area contributed by atoms with Crippen molar-refractivity contribution in [3.05, 3.63) is 35.4 Å². The molecule has 6 heteroatoms. The van der Waals surface area contributed by atoms with E-state index in [0.29, 0.717) is 25.1 Å². The van der Waals surface area contributed by atoms with Crippen LogP contribution in [-0.4, -0.2) is 66.5 Å². The number of carbonyl (C=O) groups is 2. The highest BCUT2D eigenvalue weighted by atomic mass is 16.5. The average Bonchev–Trinajstić information content (AvgIpc) is 3.18. The number of likely N-dealkylation sites (tertiary alicyclic amines) is 1. The van der Waals surface area contributed by atoms with Crippen LogP contribution in [0.2, 0.25) is 0 Å². The van der Waals surface area contributed by atoms with Gasteiger partial charge in [-0.15, -0.1) is 0 Å². The van der Waals surface area contributed by atoms with Crippen molar-refractivity contribution >= 4 is 11.8 Å². The Bertz CT molecular complexity index is 707. The van der Waals surface area contributed by atoms with E-state index in [-0.39, 0.29) is 17.4 Å². The Morgan fingerprint density at radius 1 is 1.00 bits per heavy atom. The fourth-order valence-corrected chi connectivity index (χ4v) is 5.05. The smallest absolute Gasteiger partial charge is 0.251 e. The highest BCUT2D eigenvalue weighted by molar-refractivity contribution is 5.94. The molecule has 0 aromatic heterocycles. The maximum absolute atomic E-state index is 12.8. The van der Waals surface area contributed by atoms with Crippen molar-refractivity contribution in [2.45, 2.75) is 57.0 Å². The summed E-state index contributed by atoms with van der Waals surface area (Å²) in [5.41, 5.74) is 1.84. The van der Waals surface area contributed by atoms with Gasteiger partial charge in [-0.3, -0.25) is 14.5 Å². The van der Waals surface area contributed by atoms with Gasteiger partial charge in [0, 0.05) is 50.2 Å². The lowest BCUT2D eigenvalue weighted by Gasteiger charge is -2.48. The average molecular weight is 400 g/mol. The number of morpholine rings is 1. The molecule has 2 amide bonds. The highest BCUT2D eigenvalue weighted by Gasteiger charge is 2.38. The molecule has 1 saturated carbocycles. The molecule has 2 aliphatic heterocycles. The Balaban J connectivity index is 1.35. The lowest BCUT2D eigenvalue weighted by molar-refractivity contribution is -0.128. The van der Waals surface area contributed by atoms with E-state index in [1.807, 2.05) is 29.2 Å². The standard InChI is InChI=1S/C23H33N3O3/c27-21-5-4-12-25(21)17-19-6-8-20(9-7-19)22(28)24-18-23(10-2-1-3-11-23)26-13-15-29-16-14-26/h6-9H,1-5,10-18H2,(H,24,28). The molecule has 1 aromatic carbocycles. The van der Waals surface area contributed by atoms with Gasteiger partial charge in [0.1, 0.15) is 0 Å². The van der Waals surface area contributed by atoms with Gasteiger partial charge in [-0.2, -0.15) is 0 Å². The molecule has 3 fully saturated rings. The SMILES string of the molecule is O=C(NCC1(N2CCOCC2)CCCCC1)c1ccc(CN2CCCC2=O)cc1. The molecule has 3 aliphatic rings. The number of carbonyl (C=O) groups excluding carboxylic acids is 2. The van der Waals surface area contributed by atoms with Crippen LogP contribution in [0, 0.1) is 0 Å². The first-order valence-corrected chi connectivity index (χ1v) is 11.1. The van der Waals surface area contributed by atoms with Crippen LogP contribution in [-0.2, 0) is 16.1 Å². The van der Waals surface area contributed by atoms with E-state index < -0.39 is 0 Å². The first-order valence-electron chi connectivity index (χ1n) is 11.1. The topological polar surface area (TPSA) is 61.9 Å². The Hall–Kier alpha value is -1.92. The van der Waals surface area contributed by atoms with Crippen molar-refractivity contribution < 1.29 is 14.3 Å². The number of rotatable bonds is 6. The monoisotopic (exact) mass is 399 g/mol. The molecule has 1 aliphatic carbocycles. The zero-order chi connectivity index (χ0) is 20.1. The van der Waals surface area contributed by atoms with E-state index in [9.17, 15) is 9.59 Å².